The van der Waals surface area contributed by atoms with Crippen molar-refractivity contribution < 1.29 is 23.9 Å². The summed E-state index contributed by atoms with van der Waals surface area (Å²) in [5, 5.41) is 2.43. The molecule has 1 saturated heterocycles. The Labute approximate surface area is 152 Å². The fraction of sp³-hybridized carbons (Fsp3) is 0.188. The van der Waals surface area contributed by atoms with Crippen LogP contribution in [0.2, 0.25) is 0 Å². The van der Waals surface area contributed by atoms with Gasteiger partial charge in [-0.1, -0.05) is 12.0 Å². The van der Waals surface area contributed by atoms with Crippen LogP contribution in [0.1, 0.15) is 5.56 Å². The molecule has 0 saturated carbocycles. The second-order valence-electron chi connectivity index (χ2n) is 4.64. The van der Waals surface area contributed by atoms with Crippen molar-refractivity contribution >= 4 is 46.6 Å². The van der Waals surface area contributed by atoms with Gasteiger partial charge in [0.2, 0.25) is 0 Å². The fourth-order valence-corrected chi connectivity index (χ4v) is 2.61. The molecule has 1 aliphatic rings. The van der Waals surface area contributed by atoms with E-state index in [1.807, 2.05) is 0 Å². The first-order valence-corrected chi connectivity index (χ1v) is 7.81. The summed E-state index contributed by atoms with van der Waals surface area (Å²) in [6, 6.07) is 4.56. The van der Waals surface area contributed by atoms with E-state index in [-0.39, 0.29) is 12.3 Å². The van der Waals surface area contributed by atoms with Gasteiger partial charge in [0, 0.05) is 0 Å². The van der Waals surface area contributed by atoms with Crippen molar-refractivity contribution in [2.45, 2.75) is 0 Å². The van der Waals surface area contributed by atoms with E-state index in [1.54, 1.807) is 18.2 Å². The minimum atomic E-state index is -0.677. The van der Waals surface area contributed by atoms with Crippen molar-refractivity contribution in [2.24, 2.45) is 0 Å². The Bertz CT molecular complexity index is 766. The third-order valence-corrected chi connectivity index (χ3v) is 3.90. The summed E-state index contributed by atoms with van der Waals surface area (Å²) in [4.78, 5) is 36.0. The lowest BCUT2D eigenvalue weighted by molar-refractivity contribution is -0.143. The molecule has 1 aromatic carbocycles. The summed E-state index contributed by atoms with van der Waals surface area (Å²) in [5.41, 5.74) is 0.771. The van der Waals surface area contributed by atoms with E-state index in [9.17, 15) is 14.4 Å². The van der Waals surface area contributed by atoms with E-state index in [1.165, 1.54) is 13.2 Å². The maximum absolute atomic E-state index is 12.2. The number of carbonyl (C=O) groups excluding carboxylic acids is 3. The fourth-order valence-electron chi connectivity index (χ4n) is 1.92. The first kappa shape index (κ1) is 17.8. The van der Waals surface area contributed by atoms with Crippen molar-refractivity contribution in [1.29, 1.82) is 0 Å². The Morgan fingerprint density at radius 3 is 2.83 bits per heavy atom. The van der Waals surface area contributed by atoms with Crippen LogP contribution in [-0.2, 0) is 14.3 Å². The number of terminal acetylenes is 1. The molecule has 0 radical (unpaired) electrons. The zero-order chi connectivity index (χ0) is 17.7. The number of methoxy groups -OCH3 is 1. The monoisotopic (exact) mass is 440 g/mol. The van der Waals surface area contributed by atoms with Gasteiger partial charge in [-0.25, -0.2) is 9.69 Å². The van der Waals surface area contributed by atoms with E-state index >= 15 is 0 Å². The van der Waals surface area contributed by atoms with E-state index < -0.39 is 24.5 Å². The van der Waals surface area contributed by atoms with Crippen LogP contribution in [0.3, 0.4) is 0 Å². The predicted octanol–water partition coefficient (Wildman–Crippen LogP) is 1.37. The Morgan fingerprint density at radius 1 is 1.46 bits per heavy atom. The number of carbonyl (C=O) groups is 3. The van der Waals surface area contributed by atoms with Crippen LogP contribution in [0, 0.1) is 15.9 Å². The number of halogens is 1. The van der Waals surface area contributed by atoms with Gasteiger partial charge < -0.3 is 14.8 Å². The Hall–Kier alpha value is -2.54. The van der Waals surface area contributed by atoms with Crippen molar-refractivity contribution in [1.82, 2.24) is 10.2 Å². The van der Waals surface area contributed by atoms with Gasteiger partial charge in [-0.15, -0.1) is 6.42 Å². The van der Waals surface area contributed by atoms with Crippen molar-refractivity contribution in [3.8, 4) is 18.1 Å². The van der Waals surface area contributed by atoms with Gasteiger partial charge >= 0.3 is 12.0 Å². The Morgan fingerprint density at radius 2 is 2.21 bits per heavy atom. The zero-order valence-corrected chi connectivity index (χ0v) is 14.8. The lowest BCUT2D eigenvalue weighted by atomic mass is 10.2. The summed E-state index contributed by atoms with van der Waals surface area (Å²) >= 11 is 2.08. The van der Waals surface area contributed by atoms with Crippen molar-refractivity contribution in [3.63, 3.8) is 0 Å². The Kier molecular flexibility index (Phi) is 5.81. The van der Waals surface area contributed by atoms with Crippen LogP contribution in [0.15, 0.2) is 23.9 Å². The number of amides is 3. The molecule has 0 aromatic heterocycles. The van der Waals surface area contributed by atoms with E-state index in [0.29, 0.717) is 11.3 Å². The molecule has 0 unspecified atom stereocenters. The summed E-state index contributed by atoms with van der Waals surface area (Å²) in [6.07, 6.45) is 6.67. The van der Waals surface area contributed by atoms with Crippen LogP contribution in [0.4, 0.5) is 4.79 Å². The Balaban J connectivity index is 2.18. The molecule has 2 rings (SSSR count). The second-order valence-corrected chi connectivity index (χ2v) is 5.80. The maximum atomic E-state index is 12.2. The zero-order valence-electron chi connectivity index (χ0n) is 12.7. The van der Waals surface area contributed by atoms with E-state index in [0.717, 1.165) is 8.47 Å². The molecule has 0 spiro atoms. The first-order chi connectivity index (χ1) is 11.5. The molecule has 3 amide bonds. The summed E-state index contributed by atoms with van der Waals surface area (Å²) in [7, 11) is 1.18. The standard InChI is InChI=1S/C16H13IN2O5/c1-3-6-24-13-5-4-10(7-11(13)17)8-12-15(21)19(16(22)18-12)9-14(20)23-2/h1,4-5,7-8H,6,9H2,2H3,(H,18,22)/b12-8+. The molecule has 0 bridgehead atoms. The van der Waals surface area contributed by atoms with Crippen molar-refractivity contribution in [2.75, 3.05) is 20.3 Å². The largest absolute Gasteiger partial charge is 0.480 e. The van der Waals surface area contributed by atoms with Crippen LogP contribution < -0.4 is 10.1 Å². The van der Waals surface area contributed by atoms with Gasteiger partial charge in [0.1, 0.15) is 24.6 Å². The smallest absolute Gasteiger partial charge is 0.329 e. The van der Waals surface area contributed by atoms with Gasteiger partial charge in [0.15, 0.2) is 0 Å². The minimum absolute atomic E-state index is 0.0806. The van der Waals surface area contributed by atoms with Gasteiger partial charge in [0.25, 0.3) is 5.91 Å². The van der Waals surface area contributed by atoms with E-state index in [2.05, 4.69) is 38.6 Å². The number of urea groups is 1. The SMILES string of the molecule is C#CCOc1ccc(/C=C2/NC(=O)N(CC(=O)OC)C2=O)cc1I. The molecule has 1 aromatic rings. The van der Waals surface area contributed by atoms with Crippen molar-refractivity contribution in [3.05, 3.63) is 33.0 Å². The predicted molar refractivity (Wildman–Crippen MR) is 93.7 cm³/mol. The molecular weight excluding hydrogens is 427 g/mol. The molecule has 8 heteroatoms. The highest BCUT2D eigenvalue weighted by Crippen LogP contribution is 2.24. The molecule has 1 aliphatic heterocycles. The van der Waals surface area contributed by atoms with Crippen LogP contribution >= 0.6 is 22.6 Å². The lowest BCUT2D eigenvalue weighted by Crippen LogP contribution is -2.36. The van der Waals surface area contributed by atoms with Crippen LogP contribution in [0.5, 0.6) is 5.75 Å². The molecule has 1 heterocycles. The van der Waals surface area contributed by atoms with E-state index in [4.69, 9.17) is 11.2 Å². The molecule has 0 atom stereocenters. The number of nitrogens with one attached hydrogen (secondary N) is 1. The van der Waals surface area contributed by atoms with Crippen LogP contribution in [0.25, 0.3) is 6.08 Å². The number of hydrogen-bond donors (Lipinski definition) is 1. The van der Waals surface area contributed by atoms with Gasteiger partial charge in [0.05, 0.1) is 10.7 Å². The quantitative estimate of drug-likeness (QED) is 0.246. The average molecular weight is 440 g/mol. The summed E-state index contributed by atoms with van der Waals surface area (Å²) in [6.45, 7) is -0.275. The second kappa shape index (κ2) is 7.83. The molecule has 24 heavy (non-hydrogen) atoms. The summed E-state index contributed by atoms with van der Waals surface area (Å²) in [5.74, 6) is 1.74. The molecule has 1 fully saturated rings. The highest BCUT2D eigenvalue weighted by Gasteiger charge is 2.35. The third-order valence-electron chi connectivity index (χ3n) is 3.06. The highest BCUT2D eigenvalue weighted by atomic mass is 127. The normalized spacial score (nSPS) is 15.2. The number of nitrogens with zero attached hydrogens (tertiary/aromatic N) is 1. The summed E-state index contributed by atoms with van der Waals surface area (Å²) < 4.78 is 10.6. The molecular formula is C16H13IN2O5. The number of hydrogen-bond acceptors (Lipinski definition) is 5. The molecule has 124 valence electrons. The van der Waals surface area contributed by atoms with Crippen LogP contribution in [-0.4, -0.2) is 43.1 Å². The van der Waals surface area contributed by atoms with Gasteiger partial charge in [-0.05, 0) is 46.4 Å². The molecule has 7 nitrogen and oxygen atoms in total. The molecule has 1 N–H and O–H groups in total. The highest BCUT2D eigenvalue weighted by molar-refractivity contribution is 14.1. The third kappa shape index (κ3) is 4.05. The van der Waals surface area contributed by atoms with Gasteiger partial charge in [-0.3, -0.25) is 9.59 Å². The molecule has 0 aliphatic carbocycles. The number of imide groups is 1. The maximum Gasteiger partial charge on any atom is 0.329 e. The number of benzene rings is 1. The first-order valence-electron chi connectivity index (χ1n) is 6.73. The number of esters is 1. The minimum Gasteiger partial charge on any atom is -0.480 e. The number of rotatable bonds is 5. The topological polar surface area (TPSA) is 84.9 Å². The average Bonchev–Trinajstić information content (AvgIpc) is 2.81. The lowest BCUT2D eigenvalue weighted by Gasteiger charge is -2.09. The number of ether oxygens (including phenoxy) is 2. The van der Waals surface area contributed by atoms with Gasteiger partial charge in [-0.2, -0.15) is 0 Å².